The summed E-state index contributed by atoms with van der Waals surface area (Å²) in [4.78, 5) is 5.03. The summed E-state index contributed by atoms with van der Waals surface area (Å²) in [7, 11) is 0. The predicted octanol–water partition coefficient (Wildman–Crippen LogP) is 1.82. The summed E-state index contributed by atoms with van der Waals surface area (Å²) < 4.78 is 5.59. The van der Waals surface area contributed by atoms with E-state index >= 15 is 0 Å². The molecule has 0 spiro atoms. The maximum atomic E-state index is 5.59. The molecule has 0 aromatic rings. The molecule has 0 aliphatic carbocycles. The van der Waals surface area contributed by atoms with Crippen LogP contribution in [0.2, 0.25) is 0 Å². The molecule has 1 aliphatic rings. The fourth-order valence-corrected chi connectivity index (χ4v) is 2.40. The fraction of sp³-hybridized carbons (Fsp3) is 1.00. The van der Waals surface area contributed by atoms with Crippen molar-refractivity contribution in [1.29, 1.82) is 0 Å². The van der Waals surface area contributed by atoms with Crippen LogP contribution in [-0.2, 0) is 4.74 Å². The summed E-state index contributed by atoms with van der Waals surface area (Å²) >= 11 is 3.49. The first kappa shape index (κ1) is 14.4. The van der Waals surface area contributed by atoms with Gasteiger partial charge in [-0.2, -0.15) is 0 Å². The van der Waals surface area contributed by atoms with Crippen molar-refractivity contribution in [2.24, 2.45) is 0 Å². The number of unbranched alkanes of at least 4 members (excludes halogenated alkanes) is 1. The van der Waals surface area contributed by atoms with Gasteiger partial charge in [-0.1, -0.05) is 29.3 Å². The molecule has 1 heterocycles. The highest BCUT2D eigenvalue weighted by atomic mass is 79.9. The van der Waals surface area contributed by atoms with E-state index in [1.165, 1.54) is 45.6 Å². The Morgan fingerprint density at radius 1 is 1.00 bits per heavy atom. The zero-order valence-electron chi connectivity index (χ0n) is 10.5. The molecule has 1 fully saturated rings. The lowest BCUT2D eigenvalue weighted by molar-refractivity contribution is 0.0762. The predicted molar refractivity (Wildman–Crippen MR) is 72.4 cm³/mol. The maximum Gasteiger partial charge on any atom is 0.0593 e. The zero-order chi connectivity index (χ0) is 11.6. The normalized spacial score (nSPS) is 19.1. The average Bonchev–Trinajstić information content (AvgIpc) is 2.31. The number of hydrogen-bond donors (Lipinski definition) is 0. The van der Waals surface area contributed by atoms with E-state index in [4.69, 9.17) is 4.74 Å². The van der Waals surface area contributed by atoms with Gasteiger partial charge >= 0.3 is 0 Å². The molecule has 0 bridgehead atoms. The second-order valence-electron chi connectivity index (χ2n) is 4.34. The molecule has 0 atom stereocenters. The first-order valence-corrected chi connectivity index (χ1v) is 7.57. The van der Waals surface area contributed by atoms with Gasteiger partial charge < -0.3 is 4.74 Å². The maximum absolute atomic E-state index is 5.59. The molecule has 1 rings (SSSR count). The van der Waals surface area contributed by atoms with E-state index in [0.29, 0.717) is 0 Å². The van der Waals surface area contributed by atoms with Crippen LogP contribution in [0.3, 0.4) is 0 Å². The van der Waals surface area contributed by atoms with Gasteiger partial charge in [0.05, 0.1) is 6.61 Å². The molecule has 16 heavy (non-hydrogen) atoms. The zero-order valence-corrected chi connectivity index (χ0v) is 12.0. The molecule has 0 aromatic carbocycles. The summed E-state index contributed by atoms with van der Waals surface area (Å²) in [6.07, 6.45) is 2.42. The molecule has 0 aromatic heterocycles. The number of ether oxygens (including phenoxy) is 1. The number of rotatable bonds is 8. The fourth-order valence-electron chi connectivity index (χ4n) is 1.90. The molecule has 0 radical (unpaired) electrons. The van der Waals surface area contributed by atoms with Crippen LogP contribution in [0, 0.1) is 0 Å². The lowest BCUT2D eigenvalue weighted by Gasteiger charge is -2.34. The van der Waals surface area contributed by atoms with Crippen molar-refractivity contribution in [1.82, 2.24) is 9.80 Å². The van der Waals surface area contributed by atoms with Gasteiger partial charge in [0.2, 0.25) is 0 Å². The Balaban J connectivity index is 1.95. The third-order valence-electron chi connectivity index (χ3n) is 3.06. The smallest absolute Gasteiger partial charge is 0.0593 e. The standard InChI is InChI=1S/C12H25BrN2O/c1-2-3-11-16-12-10-15-8-6-14(5-4-13)7-9-15/h2-12H2,1H3. The summed E-state index contributed by atoms with van der Waals surface area (Å²) in [5.41, 5.74) is 0. The lowest BCUT2D eigenvalue weighted by Crippen LogP contribution is -2.47. The minimum Gasteiger partial charge on any atom is -0.380 e. The number of nitrogens with zero attached hydrogens (tertiary/aromatic N) is 2. The van der Waals surface area contributed by atoms with E-state index in [9.17, 15) is 0 Å². The van der Waals surface area contributed by atoms with Gasteiger partial charge in [-0.15, -0.1) is 0 Å². The molecule has 0 unspecified atom stereocenters. The summed E-state index contributed by atoms with van der Waals surface area (Å²) in [5.74, 6) is 0. The number of halogens is 1. The molecule has 96 valence electrons. The summed E-state index contributed by atoms with van der Waals surface area (Å²) in [6.45, 7) is 11.1. The van der Waals surface area contributed by atoms with E-state index in [2.05, 4.69) is 32.7 Å². The number of piperazine rings is 1. The first-order chi connectivity index (χ1) is 7.86. The summed E-state index contributed by atoms with van der Waals surface area (Å²) in [6, 6.07) is 0. The van der Waals surface area contributed by atoms with Crippen molar-refractivity contribution < 1.29 is 4.74 Å². The van der Waals surface area contributed by atoms with Crippen molar-refractivity contribution >= 4 is 15.9 Å². The topological polar surface area (TPSA) is 15.7 Å². The van der Waals surface area contributed by atoms with Crippen LogP contribution in [-0.4, -0.2) is 67.6 Å². The van der Waals surface area contributed by atoms with Crippen LogP contribution >= 0.6 is 15.9 Å². The van der Waals surface area contributed by atoms with Crippen molar-refractivity contribution in [3.8, 4) is 0 Å². The highest BCUT2D eigenvalue weighted by Crippen LogP contribution is 2.02. The average molecular weight is 293 g/mol. The molecule has 0 amide bonds. The Labute approximate surface area is 108 Å². The van der Waals surface area contributed by atoms with Gasteiger partial charge in [0.1, 0.15) is 0 Å². The van der Waals surface area contributed by atoms with Crippen LogP contribution in [0.1, 0.15) is 19.8 Å². The van der Waals surface area contributed by atoms with E-state index in [1.54, 1.807) is 0 Å². The van der Waals surface area contributed by atoms with Gasteiger partial charge in [0.15, 0.2) is 0 Å². The quantitative estimate of drug-likeness (QED) is 0.501. The van der Waals surface area contributed by atoms with E-state index < -0.39 is 0 Å². The molecular formula is C12H25BrN2O. The van der Waals surface area contributed by atoms with Crippen molar-refractivity contribution in [2.45, 2.75) is 19.8 Å². The van der Waals surface area contributed by atoms with Gasteiger partial charge in [0, 0.05) is 51.2 Å². The Morgan fingerprint density at radius 2 is 1.62 bits per heavy atom. The SMILES string of the molecule is CCCCOCCN1CCN(CCBr)CC1. The van der Waals surface area contributed by atoms with Gasteiger partial charge in [0.25, 0.3) is 0 Å². The van der Waals surface area contributed by atoms with Gasteiger partial charge in [-0.25, -0.2) is 0 Å². The molecule has 3 nitrogen and oxygen atoms in total. The molecular weight excluding hydrogens is 268 g/mol. The second kappa shape index (κ2) is 9.40. The minimum atomic E-state index is 0.901. The first-order valence-electron chi connectivity index (χ1n) is 6.45. The Bertz CT molecular complexity index is 161. The summed E-state index contributed by atoms with van der Waals surface area (Å²) in [5, 5.41) is 1.09. The van der Waals surface area contributed by atoms with Gasteiger partial charge in [-0.05, 0) is 6.42 Å². The van der Waals surface area contributed by atoms with E-state index in [-0.39, 0.29) is 0 Å². The number of hydrogen-bond acceptors (Lipinski definition) is 3. The van der Waals surface area contributed by atoms with E-state index in [0.717, 1.165) is 25.1 Å². The molecule has 4 heteroatoms. The Kier molecular flexibility index (Phi) is 8.47. The van der Waals surface area contributed by atoms with Gasteiger partial charge in [-0.3, -0.25) is 9.80 Å². The third kappa shape index (κ3) is 6.18. The Morgan fingerprint density at radius 3 is 2.19 bits per heavy atom. The van der Waals surface area contributed by atoms with Crippen molar-refractivity contribution in [3.05, 3.63) is 0 Å². The van der Waals surface area contributed by atoms with Crippen LogP contribution in [0.5, 0.6) is 0 Å². The highest BCUT2D eigenvalue weighted by molar-refractivity contribution is 9.09. The lowest BCUT2D eigenvalue weighted by atomic mass is 10.3. The molecule has 1 saturated heterocycles. The number of alkyl halides is 1. The van der Waals surface area contributed by atoms with Crippen LogP contribution in [0.25, 0.3) is 0 Å². The highest BCUT2D eigenvalue weighted by Gasteiger charge is 2.15. The van der Waals surface area contributed by atoms with Crippen molar-refractivity contribution in [2.75, 3.05) is 57.8 Å². The van der Waals surface area contributed by atoms with Crippen molar-refractivity contribution in [3.63, 3.8) is 0 Å². The van der Waals surface area contributed by atoms with Crippen LogP contribution in [0.15, 0.2) is 0 Å². The Hall–Kier alpha value is 0.360. The monoisotopic (exact) mass is 292 g/mol. The largest absolute Gasteiger partial charge is 0.380 e. The molecule has 0 saturated carbocycles. The van der Waals surface area contributed by atoms with E-state index in [1.807, 2.05) is 0 Å². The van der Waals surface area contributed by atoms with Crippen LogP contribution in [0.4, 0.5) is 0 Å². The minimum absolute atomic E-state index is 0.901. The third-order valence-corrected chi connectivity index (χ3v) is 3.41. The van der Waals surface area contributed by atoms with Crippen LogP contribution < -0.4 is 0 Å². The molecule has 1 aliphatic heterocycles. The molecule has 0 N–H and O–H groups in total. The second-order valence-corrected chi connectivity index (χ2v) is 5.13.